The molecule has 6 nitrogen and oxygen atoms in total. The number of aromatic nitrogens is 2. The molecule has 8 heteroatoms. The Balaban J connectivity index is 2.08. The van der Waals surface area contributed by atoms with Crippen molar-refractivity contribution in [3.63, 3.8) is 0 Å². The topological polar surface area (TPSA) is 84.0 Å². The van der Waals surface area contributed by atoms with Gasteiger partial charge >= 0.3 is 0 Å². The van der Waals surface area contributed by atoms with Crippen LogP contribution in [0.1, 0.15) is 29.1 Å². The van der Waals surface area contributed by atoms with Gasteiger partial charge in [0.25, 0.3) is 0 Å². The van der Waals surface area contributed by atoms with Crippen LogP contribution in [-0.4, -0.2) is 25.1 Å². The van der Waals surface area contributed by atoms with Crippen LogP contribution in [0.4, 0.5) is 0 Å². The number of aryl methyl sites for hydroxylation is 1. The van der Waals surface area contributed by atoms with E-state index >= 15 is 0 Å². The van der Waals surface area contributed by atoms with E-state index in [1.54, 1.807) is 18.2 Å². The quantitative estimate of drug-likeness (QED) is 0.842. The maximum atomic E-state index is 11.8. The Morgan fingerprint density at radius 3 is 2.76 bits per heavy atom. The molecule has 1 unspecified atom stereocenters. The SMILES string of the molecule is CNS(=O)(=O)c1cccc(CNC(C)c2snnc2C)c1. The van der Waals surface area contributed by atoms with Crippen molar-refractivity contribution in [2.24, 2.45) is 0 Å². The van der Waals surface area contributed by atoms with E-state index in [0.29, 0.717) is 6.54 Å². The zero-order valence-corrected chi connectivity index (χ0v) is 13.8. The zero-order chi connectivity index (χ0) is 15.5. The van der Waals surface area contributed by atoms with Crippen LogP contribution in [-0.2, 0) is 16.6 Å². The smallest absolute Gasteiger partial charge is 0.240 e. The highest BCUT2D eigenvalue weighted by Crippen LogP contribution is 2.20. The second kappa shape index (κ2) is 6.61. The fourth-order valence-corrected chi connectivity index (χ4v) is 3.40. The van der Waals surface area contributed by atoms with Gasteiger partial charge in [-0.05, 0) is 50.1 Å². The van der Waals surface area contributed by atoms with E-state index < -0.39 is 10.0 Å². The van der Waals surface area contributed by atoms with Crippen molar-refractivity contribution in [2.75, 3.05) is 7.05 Å². The van der Waals surface area contributed by atoms with Crippen LogP contribution in [0.5, 0.6) is 0 Å². The summed E-state index contributed by atoms with van der Waals surface area (Å²) < 4.78 is 29.8. The molecule has 1 aromatic heterocycles. The molecule has 1 atom stereocenters. The number of nitrogens with one attached hydrogen (secondary N) is 2. The Morgan fingerprint density at radius 1 is 1.38 bits per heavy atom. The van der Waals surface area contributed by atoms with Gasteiger partial charge in [-0.15, -0.1) is 5.10 Å². The van der Waals surface area contributed by atoms with Crippen LogP contribution < -0.4 is 10.0 Å². The Bertz CT molecular complexity index is 712. The molecule has 0 bridgehead atoms. The first kappa shape index (κ1) is 16.0. The fourth-order valence-electron chi connectivity index (χ4n) is 1.94. The monoisotopic (exact) mass is 326 g/mol. The molecule has 21 heavy (non-hydrogen) atoms. The van der Waals surface area contributed by atoms with Gasteiger partial charge in [-0.3, -0.25) is 0 Å². The minimum Gasteiger partial charge on any atom is -0.305 e. The van der Waals surface area contributed by atoms with Crippen molar-refractivity contribution in [3.8, 4) is 0 Å². The van der Waals surface area contributed by atoms with Crippen molar-refractivity contribution < 1.29 is 8.42 Å². The molecule has 0 radical (unpaired) electrons. The van der Waals surface area contributed by atoms with Gasteiger partial charge in [-0.1, -0.05) is 16.6 Å². The van der Waals surface area contributed by atoms with Crippen LogP contribution in [0.3, 0.4) is 0 Å². The number of benzene rings is 1. The summed E-state index contributed by atoms with van der Waals surface area (Å²) in [5.74, 6) is 0. The third-order valence-corrected chi connectivity index (χ3v) is 5.59. The zero-order valence-electron chi connectivity index (χ0n) is 12.1. The van der Waals surface area contributed by atoms with Crippen molar-refractivity contribution in [3.05, 3.63) is 40.4 Å². The Hall–Kier alpha value is -1.35. The highest BCUT2D eigenvalue weighted by atomic mass is 32.2. The van der Waals surface area contributed by atoms with Crippen LogP contribution in [0.15, 0.2) is 29.2 Å². The Kier molecular flexibility index (Phi) is 5.04. The number of hydrogen-bond donors (Lipinski definition) is 2. The third kappa shape index (κ3) is 3.85. The molecule has 0 fully saturated rings. The van der Waals surface area contributed by atoms with E-state index in [-0.39, 0.29) is 10.9 Å². The second-order valence-corrected chi connectivity index (χ2v) is 7.35. The molecule has 114 valence electrons. The van der Waals surface area contributed by atoms with E-state index in [0.717, 1.165) is 16.1 Å². The van der Waals surface area contributed by atoms with Crippen molar-refractivity contribution >= 4 is 21.6 Å². The van der Waals surface area contributed by atoms with Gasteiger partial charge in [0.2, 0.25) is 10.0 Å². The summed E-state index contributed by atoms with van der Waals surface area (Å²) in [6.07, 6.45) is 0. The first-order valence-corrected chi connectivity index (χ1v) is 8.74. The average Bonchev–Trinajstić information content (AvgIpc) is 2.91. The minimum absolute atomic E-state index is 0.120. The Morgan fingerprint density at radius 2 is 2.14 bits per heavy atom. The predicted octanol–water partition coefficient (Wildman–Crippen LogP) is 1.61. The second-order valence-electron chi connectivity index (χ2n) is 4.68. The molecule has 0 aliphatic rings. The van der Waals surface area contributed by atoms with Crippen molar-refractivity contribution in [2.45, 2.75) is 31.3 Å². The highest BCUT2D eigenvalue weighted by Gasteiger charge is 2.13. The molecule has 0 spiro atoms. The van der Waals surface area contributed by atoms with E-state index in [1.807, 2.05) is 19.9 Å². The summed E-state index contributed by atoms with van der Waals surface area (Å²) in [5.41, 5.74) is 1.83. The maximum absolute atomic E-state index is 11.8. The summed E-state index contributed by atoms with van der Waals surface area (Å²) in [4.78, 5) is 1.36. The number of rotatable bonds is 6. The van der Waals surface area contributed by atoms with Gasteiger partial charge in [-0.25, -0.2) is 13.1 Å². The molecule has 0 saturated heterocycles. The normalized spacial score (nSPS) is 13.3. The largest absolute Gasteiger partial charge is 0.305 e. The van der Waals surface area contributed by atoms with E-state index in [1.165, 1.54) is 18.6 Å². The van der Waals surface area contributed by atoms with Gasteiger partial charge in [0.05, 0.1) is 15.5 Å². The van der Waals surface area contributed by atoms with Gasteiger partial charge in [0.15, 0.2) is 0 Å². The van der Waals surface area contributed by atoms with Crippen molar-refractivity contribution in [1.29, 1.82) is 0 Å². The van der Waals surface area contributed by atoms with Crippen LogP contribution >= 0.6 is 11.5 Å². The van der Waals surface area contributed by atoms with Crippen LogP contribution in [0.25, 0.3) is 0 Å². The van der Waals surface area contributed by atoms with Crippen molar-refractivity contribution in [1.82, 2.24) is 19.6 Å². The standard InChI is InChI=1S/C13H18N4O2S2/c1-9(13-10(2)16-17-20-13)15-8-11-5-4-6-12(7-11)21(18,19)14-3/h4-7,9,14-15H,8H2,1-3H3. The number of sulfonamides is 1. The van der Waals surface area contributed by atoms with Gasteiger partial charge in [0.1, 0.15) is 0 Å². The first-order valence-electron chi connectivity index (χ1n) is 6.49. The molecule has 0 aliphatic heterocycles. The van der Waals surface area contributed by atoms with Gasteiger partial charge < -0.3 is 5.32 Å². The van der Waals surface area contributed by atoms with Gasteiger partial charge in [-0.2, -0.15) is 0 Å². The van der Waals surface area contributed by atoms with Crippen LogP contribution in [0, 0.1) is 6.92 Å². The maximum Gasteiger partial charge on any atom is 0.240 e. The summed E-state index contributed by atoms with van der Waals surface area (Å²) in [5, 5.41) is 7.35. The fraction of sp³-hybridized carbons (Fsp3) is 0.385. The van der Waals surface area contributed by atoms with E-state index in [2.05, 4.69) is 19.6 Å². The highest BCUT2D eigenvalue weighted by molar-refractivity contribution is 7.89. The molecule has 2 aromatic rings. The molecule has 0 amide bonds. The summed E-state index contributed by atoms with van der Waals surface area (Å²) in [6.45, 7) is 4.54. The average molecular weight is 326 g/mol. The lowest BCUT2D eigenvalue weighted by Gasteiger charge is -2.13. The summed E-state index contributed by atoms with van der Waals surface area (Å²) >= 11 is 1.37. The molecule has 0 aliphatic carbocycles. The summed E-state index contributed by atoms with van der Waals surface area (Å²) in [7, 11) is -2.00. The molecule has 2 N–H and O–H groups in total. The van der Waals surface area contributed by atoms with E-state index in [9.17, 15) is 8.42 Å². The molecule has 0 saturated carbocycles. The molecule has 2 rings (SSSR count). The molecular weight excluding hydrogens is 308 g/mol. The number of nitrogens with zero attached hydrogens (tertiary/aromatic N) is 2. The minimum atomic E-state index is -3.40. The van der Waals surface area contributed by atoms with E-state index in [4.69, 9.17) is 0 Å². The lowest BCUT2D eigenvalue weighted by molar-refractivity contribution is 0.577. The summed E-state index contributed by atoms with van der Waals surface area (Å²) in [6, 6.07) is 7.01. The molecule has 1 heterocycles. The van der Waals surface area contributed by atoms with Gasteiger partial charge in [0, 0.05) is 12.6 Å². The first-order chi connectivity index (χ1) is 9.94. The third-order valence-electron chi connectivity index (χ3n) is 3.17. The van der Waals surface area contributed by atoms with Crippen LogP contribution in [0.2, 0.25) is 0 Å². The molecular formula is C13H18N4O2S2. The molecule has 1 aromatic carbocycles. The predicted molar refractivity (Wildman–Crippen MR) is 82.6 cm³/mol. The number of hydrogen-bond acceptors (Lipinski definition) is 6. The Labute approximate surface area is 128 Å². The lowest BCUT2D eigenvalue weighted by atomic mass is 10.2. The lowest BCUT2D eigenvalue weighted by Crippen LogP contribution is -2.20.